The summed E-state index contributed by atoms with van der Waals surface area (Å²) < 4.78 is 0. The molecule has 4 nitrogen and oxygen atoms in total. The van der Waals surface area contributed by atoms with E-state index in [9.17, 15) is 4.79 Å². The number of hydrogen-bond acceptors (Lipinski definition) is 3. The molecule has 2 rings (SSSR count). The van der Waals surface area contributed by atoms with E-state index in [1.807, 2.05) is 54.2 Å². The molecular formula is C15H23N3O. The maximum atomic E-state index is 12.7. The van der Waals surface area contributed by atoms with Crippen molar-refractivity contribution in [3.63, 3.8) is 0 Å². The van der Waals surface area contributed by atoms with Crippen LogP contribution in [0.3, 0.4) is 0 Å². The van der Waals surface area contributed by atoms with Crippen LogP contribution in [0.25, 0.3) is 0 Å². The van der Waals surface area contributed by atoms with Gasteiger partial charge in [0.05, 0.1) is 0 Å². The summed E-state index contributed by atoms with van der Waals surface area (Å²) in [6.07, 6.45) is 1.02. The third kappa shape index (κ3) is 3.14. The summed E-state index contributed by atoms with van der Waals surface area (Å²) >= 11 is 0. The zero-order valence-corrected chi connectivity index (χ0v) is 11.7. The molecule has 19 heavy (non-hydrogen) atoms. The van der Waals surface area contributed by atoms with Gasteiger partial charge in [-0.2, -0.15) is 0 Å². The average molecular weight is 261 g/mol. The number of carbonyl (C=O) groups excluding carboxylic acids is 1. The Bertz CT molecular complexity index is 419. The molecule has 104 valence electrons. The normalized spacial score (nSPS) is 20.8. The minimum absolute atomic E-state index is 0.187. The standard InChI is InChI=1S/C15H23N3O/c1-17(2)14(13-6-4-3-5-7-13)15(19)18-9-8-12(10-16)11-18/h3-7,12,14H,8-11,16H2,1-2H3/t12-,14-/m0/s1. The van der Waals surface area contributed by atoms with Gasteiger partial charge in [0, 0.05) is 13.1 Å². The van der Waals surface area contributed by atoms with E-state index in [1.54, 1.807) is 0 Å². The van der Waals surface area contributed by atoms with Crippen LogP contribution >= 0.6 is 0 Å². The molecule has 4 heteroatoms. The van der Waals surface area contributed by atoms with Gasteiger partial charge in [0.25, 0.3) is 0 Å². The number of carbonyl (C=O) groups is 1. The highest BCUT2D eigenvalue weighted by Crippen LogP contribution is 2.24. The highest BCUT2D eigenvalue weighted by atomic mass is 16.2. The molecule has 2 atom stereocenters. The topological polar surface area (TPSA) is 49.6 Å². The van der Waals surface area contributed by atoms with Crippen LogP contribution in [0, 0.1) is 5.92 Å². The lowest BCUT2D eigenvalue weighted by molar-refractivity contribution is -0.135. The number of benzene rings is 1. The Kier molecular flexibility index (Phi) is 4.56. The molecule has 1 aliphatic heterocycles. The van der Waals surface area contributed by atoms with Gasteiger partial charge in [-0.15, -0.1) is 0 Å². The first-order valence-electron chi connectivity index (χ1n) is 6.83. The van der Waals surface area contributed by atoms with Gasteiger partial charge in [-0.05, 0) is 38.5 Å². The number of rotatable bonds is 4. The average Bonchev–Trinajstić information content (AvgIpc) is 2.88. The van der Waals surface area contributed by atoms with E-state index in [-0.39, 0.29) is 11.9 Å². The van der Waals surface area contributed by atoms with Gasteiger partial charge in [0.15, 0.2) is 0 Å². The van der Waals surface area contributed by atoms with E-state index < -0.39 is 0 Å². The molecule has 0 radical (unpaired) electrons. The second-order valence-corrected chi connectivity index (χ2v) is 5.45. The van der Waals surface area contributed by atoms with Crippen molar-refractivity contribution in [3.8, 4) is 0 Å². The smallest absolute Gasteiger partial charge is 0.244 e. The number of nitrogens with two attached hydrogens (primary N) is 1. The number of amides is 1. The zero-order chi connectivity index (χ0) is 13.8. The third-order valence-corrected chi connectivity index (χ3v) is 3.80. The predicted molar refractivity (Wildman–Crippen MR) is 76.6 cm³/mol. The van der Waals surface area contributed by atoms with Gasteiger partial charge in [-0.25, -0.2) is 0 Å². The van der Waals surface area contributed by atoms with Crippen molar-refractivity contribution < 1.29 is 4.79 Å². The predicted octanol–water partition coefficient (Wildman–Crippen LogP) is 1.10. The Balaban J connectivity index is 2.14. The number of likely N-dealkylation sites (N-methyl/N-ethyl adjacent to an activating group) is 1. The van der Waals surface area contributed by atoms with Gasteiger partial charge in [0.2, 0.25) is 5.91 Å². The summed E-state index contributed by atoms with van der Waals surface area (Å²) in [7, 11) is 3.90. The van der Waals surface area contributed by atoms with E-state index in [4.69, 9.17) is 5.73 Å². The lowest BCUT2D eigenvalue weighted by atomic mass is 10.0. The monoisotopic (exact) mass is 261 g/mol. The van der Waals surface area contributed by atoms with Crippen molar-refractivity contribution >= 4 is 5.91 Å². The van der Waals surface area contributed by atoms with Gasteiger partial charge in [-0.3, -0.25) is 9.69 Å². The Morgan fingerprint density at radius 3 is 2.63 bits per heavy atom. The van der Waals surface area contributed by atoms with E-state index in [2.05, 4.69) is 0 Å². The molecule has 0 saturated carbocycles. The van der Waals surface area contributed by atoms with E-state index in [0.29, 0.717) is 12.5 Å². The van der Waals surface area contributed by atoms with Crippen molar-refractivity contribution in [1.82, 2.24) is 9.80 Å². The van der Waals surface area contributed by atoms with E-state index in [1.165, 1.54) is 0 Å². The lowest BCUT2D eigenvalue weighted by Crippen LogP contribution is -2.39. The Hall–Kier alpha value is -1.39. The largest absolute Gasteiger partial charge is 0.341 e. The summed E-state index contributed by atoms with van der Waals surface area (Å²) in [5.41, 5.74) is 6.74. The minimum atomic E-state index is -0.197. The molecule has 1 heterocycles. The number of likely N-dealkylation sites (tertiary alicyclic amines) is 1. The van der Waals surface area contributed by atoms with Crippen LogP contribution in [0.15, 0.2) is 30.3 Å². The van der Waals surface area contributed by atoms with Gasteiger partial charge in [0.1, 0.15) is 6.04 Å². The summed E-state index contributed by atoms with van der Waals surface area (Å²) in [5.74, 6) is 0.648. The van der Waals surface area contributed by atoms with Gasteiger partial charge < -0.3 is 10.6 Å². The second kappa shape index (κ2) is 6.17. The van der Waals surface area contributed by atoms with Crippen molar-refractivity contribution in [1.29, 1.82) is 0 Å². The van der Waals surface area contributed by atoms with Crippen LogP contribution in [0.5, 0.6) is 0 Å². The molecule has 1 aromatic carbocycles. The maximum Gasteiger partial charge on any atom is 0.244 e. The highest BCUT2D eigenvalue weighted by Gasteiger charge is 2.32. The molecule has 0 bridgehead atoms. The minimum Gasteiger partial charge on any atom is -0.341 e. The molecule has 1 aliphatic rings. The van der Waals surface area contributed by atoms with Crippen molar-refractivity contribution in [3.05, 3.63) is 35.9 Å². The Labute approximate surface area is 115 Å². The molecule has 1 saturated heterocycles. The van der Waals surface area contributed by atoms with Crippen LogP contribution in [0.1, 0.15) is 18.0 Å². The fourth-order valence-electron chi connectivity index (χ4n) is 2.70. The summed E-state index contributed by atoms with van der Waals surface area (Å²) in [6.45, 7) is 2.30. The van der Waals surface area contributed by atoms with Crippen molar-refractivity contribution in [2.45, 2.75) is 12.5 Å². The van der Waals surface area contributed by atoms with Crippen LogP contribution in [0.2, 0.25) is 0 Å². The van der Waals surface area contributed by atoms with Crippen molar-refractivity contribution in [2.24, 2.45) is 11.7 Å². The molecule has 1 amide bonds. The molecule has 1 fully saturated rings. The molecule has 0 aromatic heterocycles. The zero-order valence-electron chi connectivity index (χ0n) is 11.7. The van der Waals surface area contributed by atoms with Crippen molar-refractivity contribution in [2.75, 3.05) is 33.7 Å². The first kappa shape index (κ1) is 14.0. The second-order valence-electron chi connectivity index (χ2n) is 5.45. The summed E-state index contributed by atoms with van der Waals surface area (Å²) in [4.78, 5) is 16.6. The lowest BCUT2D eigenvalue weighted by Gasteiger charge is -2.28. The molecule has 0 unspecified atom stereocenters. The van der Waals surface area contributed by atoms with Crippen LogP contribution in [-0.2, 0) is 4.79 Å². The molecule has 0 spiro atoms. The quantitative estimate of drug-likeness (QED) is 0.883. The maximum absolute atomic E-state index is 12.7. The van der Waals surface area contributed by atoms with E-state index in [0.717, 1.165) is 25.1 Å². The summed E-state index contributed by atoms with van der Waals surface area (Å²) in [6, 6.07) is 9.76. The molecule has 2 N–H and O–H groups in total. The molecular weight excluding hydrogens is 238 g/mol. The Morgan fingerprint density at radius 1 is 1.42 bits per heavy atom. The number of nitrogens with zero attached hydrogens (tertiary/aromatic N) is 2. The van der Waals surface area contributed by atoms with E-state index >= 15 is 0 Å². The molecule has 1 aromatic rings. The van der Waals surface area contributed by atoms with Gasteiger partial charge >= 0.3 is 0 Å². The van der Waals surface area contributed by atoms with Crippen LogP contribution < -0.4 is 5.73 Å². The van der Waals surface area contributed by atoms with Crippen LogP contribution in [-0.4, -0.2) is 49.4 Å². The fraction of sp³-hybridized carbons (Fsp3) is 0.533. The Morgan fingerprint density at radius 2 is 2.11 bits per heavy atom. The first-order valence-corrected chi connectivity index (χ1v) is 6.83. The third-order valence-electron chi connectivity index (χ3n) is 3.80. The van der Waals surface area contributed by atoms with Gasteiger partial charge in [-0.1, -0.05) is 30.3 Å². The number of hydrogen-bond donors (Lipinski definition) is 1. The highest BCUT2D eigenvalue weighted by molar-refractivity contribution is 5.83. The summed E-state index contributed by atoms with van der Waals surface area (Å²) in [5, 5.41) is 0. The first-order chi connectivity index (χ1) is 9.13. The SMILES string of the molecule is CN(C)[C@H](C(=O)N1CC[C@@H](CN)C1)c1ccccc1. The van der Waals surface area contributed by atoms with Crippen LogP contribution in [0.4, 0.5) is 0 Å². The fourth-order valence-corrected chi connectivity index (χ4v) is 2.70. The molecule has 0 aliphatic carbocycles.